The topological polar surface area (TPSA) is 97.5 Å². The van der Waals surface area contributed by atoms with Crippen LogP contribution in [0.3, 0.4) is 0 Å². The first kappa shape index (κ1) is 18.2. The minimum absolute atomic E-state index is 0.00852. The smallest absolute Gasteiger partial charge is 0.308 e. The zero-order valence-electron chi connectivity index (χ0n) is 15.6. The van der Waals surface area contributed by atoms with E-state index in [0.29, 0.717) is 38.2 Å². The average molecular weight is 360 g/mol. The van der Waals surface area contributed by atoms with Crippen LogP contribution >= 0.6 is 0 Å². The molecule has 0 bridgehead atoms. The molecule has 1 unspecified atom stereocenters. The third-order valence-electron chi connectivity index (χ3n) is 5.20. The average Bonchev–Trinajstić information content (AvgIpc) is 3.20. The molecule has 1 amide bonds. The quantitative estimate of drug-likeness (QED) is 0.867. The Labute approximate surface area is 151 Å². The second-order valence-electron chi connectivity index (χ2n) is 6.80. The summed E-state index contributed by atoms with van der Waals surface area (Å²) in [5, 5.41) is 14.3. The van der Waals surface area contributed by atoms with Gasteiger partial charge in [0.2, 0.25) is 11.8 Å². The molecule has 1 saturated heterocycles. The Morgan fingerprint density at radius 2 is 2.08 bits per heavy atom. The van der Waals surface area contributed by atoms with Crippen molar-refractivity contribution in [3.8, 4) is 5.88 Å². The number of amides is 1. The van der Waals surface area contributed by atoms with E-state index in [4.69, 9.17) is 9.84 Å². The number of rotatable bonds is 5. The lowest BCUT2D eigenvalue weighted by molar-refractivity contribution is -0.141. The Balaban J connectivity index is 1.79. The van der Waals surface area contributed by atoms with E-state index in [-0.39, 0.29) is 5.91 Å². The van der Waals surface area contributed by atoms with Crippen molar-refractivity contribution < 1.29 is 19.4 Å². The van der Waals surface area contributed by atoms with Crippen LogP contribution in [0.25, 0.3) is 11.0 Å². The maximum absolute atomic E-state index is 12.5. The van der Waals surface area contributed by atoms with Gasteiger partial charge < -0.3 is 14.7 Å². The molecule has 2 aromatic heterocycles. The lowest BCUT2D eigenvalue weighted by Crippen LogP contribution is -2.30. The number of carboxylic acids is 1. The Hall–Kier alpha value is -2.64. The minimum Gasteiger partial charge on any atom is -0.481 e. The number of ether oxygens (including phenoxy) is 1. The summed E-state index contributed by atoms with van der Waals surface area (Å²) in [4.78, 5) is 29.8. The molecule has 2 aromatic rings. The number of aliphatic carboxylic acids is 1. The number of carboxylic acid groups (broad SMARTS) is 1. The van der Waals surface area contributed by atoms with Gasteiger partial charge in [-0.3, -0.25) is 9.59 Å². The second-order valence-corrected chi connectivity index (χ2v) is 6.80. The number of carbonyl (C=O) groups excluding carboxylic acids is 1. The molecule has 0 aromatic carbocycles. The summed E-state index contributed by atoms with van der Waals surface area (Å²) in [7, 11) is 3.41. The first-order chi connectivity index (χ1) is 12.3. The molecule has 1 fully saturated rings. The first-order valence-electron chi connectivity index (χ1n) is 8.70. The van der Waals surface area contributed by atoms with Crippen molar-refractivity contribution in [2.45, 2.75) is 33.1 Å². The summed E-state index contributed by atoms with van der Waals surface area (Å²) in [6.45, 7) is 4.75. The van der Waals surface area contributed by atoms with E-state index in [2.05, 4.69) is 10.1 Å². The van der Waals surface area contributed by atoms with Crippen LogP contribution in [0, 0.1) is 19.8 Å². The fourth-order valence-electron chi connectivity index (χ4n) is 3.69. The fraction of sp³-hybridized carbons (Fsp3) is 0.556. The number of fused-ring (bicyclic) bond motifs is 1. The molecule has 0 spiro atoms. The first-order valence-corrected chi connectivity index (χ1v) is 8.70. The molecule has 1 aliphatic rings. The number of nitrogens with zero attached hydrogens (tertiary/aromatic N) is 4. The molecular formula is C18H24N4O4. The molecule has 3 rings (SSSR count). The van der Waals surface area contributed by atoms with Crippen molar-refractivity contribution in [3.05, 3.63) is 16.8 Å². The number of aromatic nitrogens is 3. The van der Waals surface area contributed by atoms with Crippen LogP contribution in [0.4, 0.5) is 0 Å². The lowest BCUT2D eigenvalue weighted by Gasteiger charge is -2.17. The molecule has 0 radical (unpaired) electrons. The molecule has 3 heterocycles. The maximum atomic E-state index is 12.5. The maximum Gasteiger partial charge on any atom is 0.308 e. The molecule has 140 valence electrons. The Morgan fingerprint density at radius 3 is 2.69 bits per heavy atom. The van der Waals surface area contributed by atoms with Gasteiger partial charge in [-0.2, -0.15) is 0 Å². The number of hydrogen-bond donors (Lipinski definition) is 1. The highest BCUT2D eigenvalue weighted by Crippen LogP contribution is 2.30. The van der Waals surface area contributed by atoms with Crippen molar-refractivity contribution >= 4 is 22.9 Å². The Kier molecular flexibility index (Phi) is 4.84. The SMILES string of the molecule is COc1nn(C)c2nc(C)c(CCC(=O)N3CCC(C(=O)O)C3)c(C)c12. The monoisotopic (exact) mass is 360 g/mol. The van der Waals surface area contributed by atoms with Crippen molar-refractivity contribution in [1.29, 1.82) is 0 Å². The molecule has 1 N–H and O–H groups in total. The van der Waals surface area contributed by atoms with Gasteiger partial charge in [0.15, 0.2) is 5.65 Å². The largest absolute Gasteiger partial charge is 0.481 e. The highest BCUT2D eigenvalue weighted by Gasteiger charge is 2.30. The number of carbonyl (C=O) groups is 2. The van der Waals surface area contributed by atoms with Gasteiger partial charge in [0.05, 0.1) is 18.4 Å². The molecule has 0 aliphatic carbocycles. The van der Waals surface area contributed by atoms with E-state index in [1.807, 2.05) is 20.9 Å². The standard InChI is InChI=1S/C18H24N4O4/c1-10-13(5-6-14(23)22-8-7-12(9-22)18(24)25)11(2)19-16-15(10)17(26-4)20-21(16)3/h12H,5-9H2,1-4H3,(H,24,25). The second kappa shape index (κ2) is 6.93. The van der Waals surface area contributed by atoms with E-state index in [9.17, 15) is 9.59 Å². The van der Waals surface area contributed by atoms with E-state index in [1.165, 1.54) is 0 Å². The van der Waals surface area contributed by atoms with Gasteiger partial charge >= 0.3 is 5.97 Å². The van der Waals surface area contributed by atoms with E-state index in [0.717, 1.165) is 27.9 Å². The molecule has 1 aliphatic heterocycles. The van der Waals surface area contributed by atoms with Crippen LogP contribution in [0.1, 0.15) is 29.7 Å². The number of methoxy groups -OCH3 is 1. The molecule has 26 heavy (non-hydrogen) atoms. The van der Waals surface area contributed by atoms with Crippen LogP contribution in [-0.4, -0.2) is 56.8 Å². The fourth-order valence-corrected chi connectivity index (χ4v) is 3.69. The van der Waals surface area contributed by atoms with Crippen LogP contribution in [-0.2, 0) is 23.1 Å². The third-order valence-corrected chi connectivity index (χ3v) is 5.20. The normalized spacial score (nSPS) is 17.1. The van der Waals surface area contributed by atoms with Crippen LogP contribution < -0.4 is 4.74 Å². The Bertz CT molecular complexity index is 874. The van der Waals surface area contributed by atoms with Crippen LogP contribution in [0.2, 0.25) is 0 Å². The summed E-state index contributed by atoms with van der Waals surface area (Å²) in [5.74, 6) is -0.750. The summed E-state index contributed by atoms with van der Waals surface area (Å²) in [5.41, 5.74) is 3.68. The summed E-state index contributed by atoms with van der Waals surface area (Å²) in [6, 6.07) is 0. The number of likely N-dealkylation sites (tertiary alicyclic amines) is 1. The van der Waals surface area contributed by atoms with Gasteiger partial charge in [-0.25, -0.2) is 9.67 Å². The third kappa shape index (κ3) is 3.11. The van der Waals surface area contributed by atoms with Crippen molar-refractivity contribution in [3.63, 3.8) is 0 Å². The van der Waals surface area contributed by atoms with Crippen LogP contribution in [0.15, 0.2) is 0 Å². The van der Waals surface area contributed by atoms with Crippen molar-refractivity contribution in [2.75, 3.05) is 20.2 Å². The summed E-state index contributed by atoms with van der Waals surface area (Å²) >= 11 is 0. The van der Waals surface area contributed by atoms with Gasteiger partial charge in [-0.15, -0.1) is 5.10 Å². The van der Waals surface area contributed by atoms with Gasteiger partial charge in [-0.05, 0) is 37.8 Å². The predicted octanol–water partition coefficient (Wildman–Crippen LogP) is 1.46. The zero-order chi connectivity index (χ0) is 19.0. The highest BCUT2D eigenvalue weighted by atomic mass is 16.5. The van der Waals surface area contributed by atoms with E-state index < -0.39 is 11.9 Å². The van der Waals surface area contributed by atoms with Gasteiger partial charge in [0.25, 0.3) is 0 Å². The zero-order valence-corrected chi connectivity index (χ0v) is 15.6. The lowest BCUT2D eigenvalue weighted by atomic mass is 10.00. The van der Waals surface area contributed by atoms with Gasteiger partial charge in [0.1, 0.15) is 0 Å². The molecule has 8 nitrogen and oxygen atoms in total. The van der Waals surface area contributed by atoms with Crippen molar-refractivity contribution in [2.24, 2.45) is 13.0 Å². The van der Waals surface area contributed by atoms with Crippen LogP contribution in [0.5, 0.6) is 5.88 Å². The predicted molar refractivity (Wildman–Crippen MR) is 95.2 cm³/mol. The summed E-state index contributed by atoms with van der Waals surface area (Å²) < 4.78 is 7.06. The minimum atomic E-state index is -0.828. The number of aryl methyl sites for hydroxylation is 3. The molecule has 1 atom stereocenters. The number of hydrogen-bond acceptors (Lipinski definition) is 5. The summed E-state index contributed by atoms with van der Waals surface area (Å²) in [6.07, 6.45) is 1.43. The van der Waals surface area contributed by atoms with E-state index >= 15 is 0 Å². The van der Waals surface area contributed by atoms with Gasteiger partial charge in [0, 0.05) is 32.3 Å². The highest BCUT2D eigenvalue weighted by molar-refractivity contribution is 5.86. The van der Waals surface area contributed by atoms with Gasteiger partial charge in [-0.1, -0.05) is 0 Å². The molecular weight excluding hydrogens is 336 g/mol. The van der Waals surface area contributed by atoms with Crippen molar-refractivity contribution in [1.82, 2.24) is 19.7 Å². The number of pyridine rings is 1. The molecule has 8 heteroatoms. The molecule has 0 saturated carbocycles. The van der Waals surface area contributed by atoms with E-state index in [1.54, 1.807) is 16.7 Å². The Morgan fingerprint density at radius 1 is 1.35 bits per heavy atom.